The van der Waals surface area contributed by atoms with E-state index in [4.69, 9.17) is 14.7 Å². The first-order valence-corrected chi connectivity index (χ1v) is 5.88. The Morgan fingerprint density at radius 1 is 1.47 bits per heavy atom. The molecule has 0 amide bonds. The average Bonchev–Trinajstić information content (AvgIpc) is 2.33. The number of benzene rings is 1. The van der Waals surface area contributed by atoms with Gasteiger partial charge >= 0.3 is 0 Å². The molecule has 2 rings (SSSR count). The quantitative estimate of drug-likeness (QED) is 0.799. The Balaban J connectivity index is 2.36. The van der Waals surface area contributed by atoms with Gasteiger partial charge in [-0.1, -0.05) is 19.1 Å². The van der Waals surface area contributed by atoms with E-state index in [1.807, 2.05) is 6.07 Å². The molecule has 1 aromatic carbocycles. The highest BCUT2D eigenvalue weighted by Crippen LogP contribution is 2.37. The minimum absolute atomic E-state index is 0.0923. The summed E-state index contributed by atoms with van der Waals surface area (Å²) in [5.74, 6) is 0.920. The summed E-state index contributed by atoms with van der Waals surface area (Å²) in [7, 11) is 1.69. The summed E-state index contributed by atoms with van der Waals surface area (Å²) in [6.45, 7) is 3.40. The Labute approximate surface area is 102 Å². The van der Waals surface area contributed by atoms with Crippen LogP contribution < -0.4 is 4.74 Å². The van der Waals surface area contributed by atoms with E-state index in [2.05, 4.69) is 25.1 Å². The second-order valence-electron chi connectivity index (χ2n) is 4.49. The van der Waals surface area contributed by atoms with Gasteiger partial charge in [0.1, 0.15) is 5.75 Å². The van der Waals surface area contributed by atoms with Crippen molar-refractivity contribution in [3.8, 4) is 11.8 Å². The smallest absolute Gasteiger partial charge is 0.122 e. The third kappa shape index (κ3) is 2.01. The molecule has 1 aliphatic heterocycles. The zero-order chi connectivity index (χ0) is 12.3. The van der Waals surface area contributed by atoms with Crippen molar-refractivity contribution >= 4 is 0 Å². The van der Waals surface area contributed by atoms with Crippen molar-refractivity contribution in [3.63, 3.8) is 0 Å². The average molecular weight is 231 g/mol. The predicted octanol–water partition coefficient (Wildman–Crippen LogP) is 2.44. The summed E-state index contributed by atoms with van der Waals surface area (Å²) in [6, 6.07) is 8.46. The van der Waals surface area contributed by atoms with Gasteiger partial charge in [0.25, 0.3) is 0 Å². The molecule has 0 aromatic heterocycles. The topological polar surface area (TPSA) is 42.2 Å². The van der Waals surface area contributed by atoms with Crippen LogP contribution in [0.15, 0.2) is 18.2 Å². The second-order valence-corrected chi connectivity index (χ2v) is 4.49. The Morgan fingerprint density at radius 2 is 2.24 bits per heavy atom. The first kappa shape index (κ1) is 11.9. The molecule has 0 spiro atoms. The molecule has 0 atom stereocenters. The van der Waals surface area contributed by atoms with Crippen LogP contribution in [0.5, 0.6) is 5.75 Å². The van der Waals surface area contributed by atoms with Gasteiger partial charge in [0.15, 0.2) is 0 Å². The van der Waals surface area contributed by atoms with Crippen molar-refractivity contribution in [2.45, 2.75) is 25.2 Å². The van der Waals surface area contributed by atoms with E-state index in [1.165, 1.54) is 11.1 Å². The lowest BCUT2D eigenvalue weighted by Crippen LogP contribution is -2.46. The highest BCUT2D eigenvalue weighted by atomic mass is 16.5. The summed E-state index contributed by atoms with van der Waals surface area (Å²) in [4.78, 5) is 0. The predicted molar refractivity (Wildman–Crippen MR) is 65.1 cm³/mol. The van der Waals surface area contributed by atoms with Crippen molar-refractivity contribution in [1.82, 2.24) is 0 Å². The van der Waals surface area contributed by atoms with Gasteiger partial charge in [-0.2, -0.15) is 5.26 Å². The number of hydrogen-bond acceptors (Lipinski definition) is 3. The molecule has 0 radical (unpaired) electrons. The van der Waals surface area contributed by atoms with Crippen LogP contribution in [0.1, 0.15) is 24.5 Å². The summed E-state index contributed by atoms with van der Waals surface area (Å²) >= 11 is 0. The third-order valence-corrected chi connectivity index (χ3v) is 3.45. The molecule has 0 bridgehead atoms. The molecule has 1 aliphatic rings. The maximum Gasteiger partial charge on any atom is 0.122 e. The molecule has 0 N–H and O–H groups in total. The zero-order valence-electron chi connectivity index (χ0n) is 10.3. The lowest BCUT2D eigenvalue weighted by Gasteiger charge is -2.40. The lowest BCUT2D eigenvalue weighted by atomic mass is 9.75. The fourth-order valence-corrected chi connectivity index (χ4v) is 2.26. The van der Waals surface area contributed by atoms with E-state index in [9.17, 15) is 0 Å². The number of nitriles is 1. The molecule has 3 nitrogen and oxygen atoms in total. The molecule has 0 unspecified atom stereocenters. The van der Waals surface area contributed by atoms with Crippen LogP contribution in [-0.4, -0.2) is 20.3 Å². The molecule has 1 fully saturated rings. The number of nitrogens with zero attached hydrogens (tertiary/aromatic N) is 1. The van der Waals surface area contributed by atoms with E-state index in [0.717, 1.165) is 12.2 Å². The van der Waals surface area contributed by atoms with Crippen molar-refractivity contribution in [2.75, 3.05) is 20.3 Å². The van der Waals surface area contributed by atoms with Gasteiger partial charge in [-0.15, -0.1) is 0 Å². The molecule has 1 saturated heterocycles. The first-order chi connectivity index (χ1) is 8.25. The van der Waals surface area contributed by atoms with Crippen LogP contribution in [-0.2, 0) is 16.6 Å². The standard InChI is InChI=1S/C14H17NO2/c1-3-11-8-12(4-5-13(11)16-2)14(6-7-15)9-17-10-14/h4-5,8H,3,6,9-10H2,1-2H3. The number of ether oxygens (including phenoxy) is 2. The van der Waals surface area contributed by atoms with Gasteiger partial charge in [0.2, 0.25) is 0 Å². The molecule has 0 aliphatic carbocycles. The minimum Gasteiger partial charge on any atom is -0.496 e. The van der Waals surface area contributed by atoms with Crippen LogP contribution >= 0.6 is 0 Å². The van der Waals surface area contributed by atoms with Gasteiger partial charge in [-0.05, 0) is 23.6 Å². The monoisotopic (exact) mass is 231 g/mol. The minimum atomic E-state index is -0.0923. The maximum absolute atomic E-state index is 8.93. The fraction of sp³-hybridized carbons (Fsp3) is 0.500. The van der Waals surface area contributed by atoms with E-state index < -0.39 is 0 Å². The number of aryl methyl sites for hydroxylation is 1. The molecule has 1 aromatic rings. The number of hydrogen-bond donors (Lipinski definition) is 0. The zero-order valence-corrected chi connectivity index (χ0v) is 10.3. The van der Waals surface area contributed by atoms with Gasteiger partial charge < -0.3 is 9.47 Å². The van der Waals surface area contributed by atoms with Crippen LogP contribution in [0.25, 0.3) is 0 Å². The summed E-state index contributed by atoms with van der Waals surface area (Å²) in [5, 5.41) is 8.93. The second kappa shape index (κ2) is 4.77. The Hall–Kier alpha value is -1.53. The summed E-state index contributed by atoms with van der Waals surface area (Å²) in [6.07, 6.45) is 1.45. The Kier molecular flexibility index (Phi) is 3.35. The summed E-state index contributed by atoms with van der Waals surface area (Å²) in [5.41, 5.74) is 2.29. The van der Waals surface area contributed by atoms with Crippen LogP contribution in [0.3, 0.4) is 0 Å². The molecular weight excluding hydrogens is 214 g/mol. The molecule has 0 saturated carbocycles. The largest absolute Gasteiger partial charge is 0.496 e. The lowest BCUT2D eigenvalue weighted by molar-refractivity contribution is -0.0577. The van der Waals surface area contributed by atoms with Crippen molar-refractivity contribution < 1.29 is 9.47 Å². The normalized spacial score (nSPS) is 17.0. The SMILES string of the molecule is CCc1cc(C2(CC#N)COC2)ccc1OC. The molecule has 17 heavy (non-hydrogen) atoms. The maximum atomic E-state index is 8.93. The highest BCUT2D eigenvalue weighted by Gasteiger charge is 2.40. The van der Waals surface area contributed by atoms with Crippen LogP contribution in [0, 0.1) is 11.3 Å². The molecule has 3 heteroatoms. The van der Waals surface area contributed by atoms with Gasteiger partial charge in [0, 0.05) is 6.42 Å². The van der Waals surface area contributed by atoms with Crippen molar-refractivity contribution in [1.29, 1.82) is 5.26 Å². The van der Waals surface area contributed by atoms with E-state index in [-0.39, 0.29) is 5.41 Å². The molecule has 90 valence electrons. The Bertz CT molecular complexity index is 444. The summed E-state index contributed by atoms with van der Waals surface area (Å²) < 4.78 is 10.6. The first-order valence-electron chi connectivity index (χ1n) is 5.88. The van der Waals surface area contributed by atoms with Gasteiger partial charge in [-0.25, -0.2) is 0 Å². The Morgan fingerprint density at radius 3 is 2.71 bits per heavy atom. The number of rotatable bonds is 4. The van der Waals surface area contributed by atoms with Crippen molar-refractivity contribution in [3.05, 3.63) is 29.3 Å². The molecular formula is C14H17NO2. The van der Waals surface area contributed by atoms with Gasteiger partial charge in [0.05, 0.1) is 31.8 Å². The van der Waals surface area contributed by atoms with E-state index in [0.29, 0.717) is 19.6 Å². The van der Waals surface area contributed by atoms with E-state index in [1.54, 1.807) is 7.11 Å². The third-order valence-electron chi connectivity index (χ3n) is 3.45. The van der Waals surface area contributed by atoms with E-state index >= 15 is 0 Å². The number of methoxy groups -OCH3 is 1. The van der Waals surface area contributed by atoms with Crippen LogP contribution in [0.4, 0.5) is 0 Å². The highest BCUT2D eigenvalue weighted by molar-refractivity contribution is 5.41. The van der Waals surface area contributed by atoms with Crippen LogP contribution in [0.2, 0.25) is 0 Å². The fourth-order valence-electron chi connectivity index (χ4n) is 2.26. The van der Waals surface area contributed by atoms with Gasteiger partial charge in [-0.3, -0.25) is 0 Å². The molecule has 1 heterocycles. The van der Waals surface area contributed by atoms with Crippen molar-refractivity contribution in [2.24, 2.45) is 0 Å².